The third-order valence-electron chi connectivity index (χ3n) is 4.88. The van der Waals surface area contributed by atoms with Gasteiger partial charge in [0, 0.05) is 55.8 Å². The summed E-state index contributed by atoms with van der Waals surface area (Å²) in [4.78, 5) is 27.2. The second-order valence-electron chi connectivity index (χ2n) is 6.43. The maximum atomic E-state index is 12.3. The first-order valence-corrected chi connectivity index (χ1v) is 8.05. The second kappa shape index (κ2) is 6.16. The number of fused-ring (bicyclic) bond motifs is 1. The van der Waals surface area contributed by atoms with E-state index in [2.05, 4.69) is 25.2 Å². The van der Waals surface area contributed by atoms with E-state index in [4.69, 9.17) is 4.74 Å². The molecule has 2 aromatic heterocycles. The van der Waals surface area contributed by atoms with Crippen LogP contribution in [0.2, 0.25) is 0 Å². The quantitative estimate of drug-likeness (QED) is 0.894. The Morgan fingerprint density at radius 3 is 3.00 bits per heavy atom. The Hall–Kier alpha value is -2.54. The molecule has 2 saturated heterocycles. The summed E-state index contributed by atoms with van der Waals surface area (Å²) in [5.74, 6) is 1.01. The van der Waals surface area contributed by atoms with Crippen LogP contribution in [0.15, 0.2) is 43.0 Å². The molecule has 1 N–H and O–H groups in total. The number of rotatable bonds is 4. The summed E-state index contributed by atoms with van der Waals surface area (Å²) in [6, 6.07) is 5.34. The van der Waals surface area contributed by atoms with Crippen molar-refractivity contribution < 1.29 is 9.53 Å². The molecule has 124 valence electrons. The molecule has 24 heavy (non-hydrogen) atoms. The van der Waals surface area contributed by atoms with Gasteiger partial charge in [-0.2, -0.15) is 0 Å². The van der Waals surface area contributed by atoms with Gasteiger partial charge in [0.05, 0.1) is 18.8 Å². The summed E-state index contributed by atoms with van der Waals surface area (Å²) in [6.07, 6.45) is 6.74. The average molecular weight is 325 g/mol. The number of carbonyl (C=O) groups excluding carboxylic acids is 1. The molecule has 7 heteroatoms. The number of hydrogen-bond donors (Lipinski definition) is 1. The van der Waals surface area contributed by atoms with Gasteiger partial charge in [0.15, 0.2) is 0 Å². The van der Waals surface area contributed by atoms with Crippen molar-refractivity contribution in [3.8, 4) is 0 Å². The van der Waals surface area contributed by atoms with Crippen molar-refractivity contribution in [2.75, 3.05) is 37.7 Å². The molecule has 2 fully saturated rings. The van der Waals surface area contributed by atoms with Gasteiger partial charge in [0.1, 0.15) is 0 Å². The van der Waals surface area contributed by atoms with Gasteiger partial charge in [-0.15, -0.1) is 0 Å². The first kappa shape index (κ1) is 15.0. The van der Waals surface area contributed by atoms with Crippen LogP contribution < -0.4 is 10.2 Å². The molecule has 0 saturated carbocycles. The van der Waals surface area contributed by atoms with Crippen LogP contribution in [0, 0.1) is 11.3 Å². The van der Waals surface area contributed by atoms with E-state index in [1.165, 1.54) is 0 Å². The predicted molar refractivity (Wildman–Crippen MR) is 87.6 cm³/mol. The molecule has 0 unspecified atom stereocenters. The Kier molecular flexibility index (Phi) is 3.86. The standard InChI is InChI=1S/C17H19N5O2/c23-15(13-3-1-4-18-7-13)21-10-17-11-22(8-14(17)9-24-12-17)16-19-5-2-6-20-16/h1-7,14H,8-12H2,(H,21,23)/t14-,17+/m1/s1. The smallest absolute Gasteiger partial charge is 0.252 e. The van der Waals surface area contributed by atoms with E-state index in [9.17, 15) is 4.79 Å². The highest BCUT2D eigenvalue weighted by Gasteiger charge is 2.51. The fourth-order valence-corrected chi connectivity index (χ4v) is 3.54. The highest BCUT2D eigenvalue weighted by atomic mass is 16.5. The average Bonchev–Trinajstić information content (AvgIpc) is 3.18. The Bertz CT molecular complexity index is 711. The Labute approximate surface area is 140 Å². The van der Waals surface area contributed by atoms with E-state index in [1.54, 1.807) is 36.9 Å². The molecule has 0 radical (unpaired) electrons. The number of nitrogens with one attached hydrogen (secondary N) is 1. The van der Waals surface area contributed by atoms with Crippen molar-refractivity contribution in [1.82, 2.24) is 20.3 Å². The van der Waals surface area contributed by atoms with Crippen molar-refractivity contribution in [3.63, 3.8) is 0 Å². The van der Waals surface area contributed by atoms with E-state index in [0.29, 0.717) is 31.2 Å². The van der Waals surface area contributed by atoms with Gasteiger partial charge in [-0.3, -0.25) is 9.78 Å². The van der Waals surface area contributed by atoms with Crippen LogP contribution in [0.25, 0.3) is 0 Å². The molecule has 4 heterocycles. The lowest BCUT2D eigenvalue weighted by Gasteiger charge is -2.27. The molecule has 2 aromatic rings. The first-order valence-electron chi connectivity index (χ1n) is 8.05. The van der Waals surface area contributed by atoms with Gasteiger partial charge in [-0.1, -0.05) is 0 Å². The Balaban J connectivity index is 1.46. The molecular weight excluding hydrogens is 306 g/mol. The number of carbonyl (C=O) groups is 1. The number of amides is 1. The SMILES string of the molecule is O=C(NC[C@]12COC[C@H]1CN(c1ncccn1)C2)c1cccnc1. The molecule has 0 bridgehead atoms. The first-order chi connectivity index (χ1) is 11.8. The third-order valence-corrected chi connectivity index (χ3v) is 4.88. The zero-order valence-electron chi connectivity index (χ0n) is 13.3. The lowest BCUT2D eigenvalue weighted by atomic mass is 9.81. The largest absolute Gasteiger partial charge is 0.380 e. The summed E-state index contributed by atoms with van der Waals surface area (Å²) in [7, 11) is 0. The van der Waals surface area contributed by atoms with Gasteiger partial charge in [-0.05, 0) is 18.2 Å². The lowest BCUT2D eigenvalue weighted by Crippen LogP contribution is -2.43. The molecule has 0 aromatic carbocycles. The van der Waals surface area contributed by atoms with Gasteiger partial charge >= 0.3 is 0 Å². The monoisotopic (exact) mass is 325 g/mol. The maximum absolute atomic E-state index is 12.3. The minimum atomic E-state index is -0.0995. The van der Waals surface area contributed by atoms with Crippen molar-refractivity contribution in [2.24, 2.45) is 11.3 Å². The molecule has 2 atom stereocenters. The number of nitrogens with zero attached hydrogens (tertiary/aromatic N) is 4. The number of pyridine rings is 1. The molecule has 1 amide bonds. The van der Waals surface area contributed by atoms with E-state index in [0.717, 1.165) is 19.0 Å². The van der Waals surface area contributed by atoms with Crippen molar-refractivity contribution >= 4 is 11.9 Å². The van der Waals surface area contributed by atoms with E-state index in [-0.39, 0.29) is 11.3 Å². The molecule has 2 aliphatic heterocycles. The van der Waals surface area contributed by atoms with E-state index in [1.807, 2.05) is 6.07 Å². The van der Waals surface area contributed by atoms with E-state index < -0.39 is 0 Å². The summed E-state index contributed by atoms with van der Waals surface area (Å²) in [5, 5.41) is 3.05. The molecular formula is C17H19N5O2. The number of aromatic nitrogens is 3. The van der Waals surface area contributed by atoms with Gasteiger partial charge in [-0.25, -0.2) is 9.97 Å². The number of anilines is 1. The van der Waals surface area contributed by atoms with Crippen molar-refractivity contribution in [1.29, 1.82) is 0 Å². The normalized spacial score (nSPS) is 25.5. The number of hydrogen-bond acceptors (Lipinski definition) is 6. The van der Waals surface area contributed by atoms with Crippen LogP contribution in [-0.4, -0.2) is 53.7 Å². The Morgan fingerprint density at radius 2 is 2.21 bits per heavy atom. The van der Waals surface area contributed by atoms with Gasteiger partial charge in [0.2, 0.25) is 5.95 Å². The minimum absolute atomic E-state index is 0.0862. The van der Waals surface area contributed by atoms with Gasteiger partial charge in [0.25, 0.3) is 5.91 Å². The molecule has 0 spiro atoms. The van der Waals surface area contributed by atoms with E-state index >= 15 is 0 Å². The topological polar surface area (TPSA) is 80.2 Å². The van der Waals surface area contributed by atoms with Crippen LogP contribution in [0.4, 0.5) is 5.95 Å². The fraction of sp³-hybridized carbons (Fsp3) is 0.412. The molecule has 2 aliphatic rings. The molecule has 4 rings (SSSR count). The summed E-state index contributed by atoms with van der Waals surface area (Å²) in [6.45, 7) is 3.58. The highest BCUT2D eigenvalue weighted by Crippen LogP contribution is 2.41. The lowest BCUT2D eigenvalue weighted by molar-refractivity contribution is 0.0920. The van der Waals surface area contributed by atoms with Crippen LogP contribution in [0.3, 0.4) is 0 Å². The second-order valence-corrected chi connectivity index (χ2v) is 6.43. The highest BCUT2D eigenvalue weighted by molar-refractivity contribution is 5.93. The van der Waals surface area contributed by atoms with Crippen molar-refractivity contribution in [3.05, 3.63) is 48.5 Å². The zero-order chi connectivity index (χ0) is 16.4. The van der Waals surface area contributed by atoms with Crippen LogP contribution >= 0.6 is 0 Å². The predicted octanol–water partition coefficient (Wildman–Crippen LogP) is 0.754. The fourth-order valence-electron chi connectivity index (χ4n) is 3.54. The molecule has 0 aliphatic carbocycles. The van der Waals surface area contributed by atoms with Crippen LogP contribution in [0.1, 0.15) is 10.4 Å². The molecule has 7 nitrogen and oxygen atoms in total. The van der Waals surface area contributed by atoms with Gasteiger partial charge < -0.3 is 15.0 Å². The minimum Gasteiger partial charge on any atom is -0.380 e. The van der Waals surface area contributed by atoms with Crippen molar-refractivity contribution in [2.45, 2.75) is 0 Å². The zero-order valence-corrected chi connectivity index (χ0v) is 13.3. The van der Waals surface area contributed by atoms with Crippen LogP contribution in [-0.2, 0) is 4.74 Å². The number of ether oxygens (including phenoxy) is 1. The maximum Gasteiger partial charge on any atom is 0.252 e. The summed E-state index contributed by atoms with van der Waals surface area (Å²) < 4.78 is 5.71. The van der Waals surface area contributed by atoms with Crippen LogP contribution in [0.5, 0.6) is 0 Å². The third kappa shape index (κ3) is 2.71. The summed E-state index contributed by atoms with van der Waals surface area (Å²) in [5.41, 5.74) is 0.488. The Morgan fingerprint density at radius 1 is 1.33 bits per heavy atom. The summed E-state index contributed by atoms with van der Waals surface area (Å²) >= 11 is 0.